The van der Waals surface area contributed by atoms with Crippen LogP contribution >= 0.6 is 0 Å². The molecule has 0 saturated carbocycles. The monoisotopic (exact) mass is 342 g/mol. The molecule has 3 N–H and O–H groups in total. The minimum absolute atomic E-state index is 0.173. The number of ketones is 2. The lowest BCUT2D eigenvalue weighted by molar-refractivity contribution is 0.0978. The van der Waals surface area contributed by atoms with Crippen LogP contribution in [-0.4, -0.2) is 17.5 Å². The number of rotatable bonds is 2. The van der Waals surface area contributed by atoms with Gasteiger partial charge in [-0.25, -0.2) is 0 Å². The van der Waals surface area contributed by atoms with E-state index in [2.05, 4.69) is 5.32 Å². The normalized spacial score (nSPS) is 12.3. The summed E-state index contributed by atoms with van der Waals surface area (Å²) in [5.74, 6) is -0.964. The molecule has 5 nitrogen and oxygen atoms in total. The molecular weight excluding hydrogens is 328 g/mol. The zero-order chi connectivity index (χ0) is 18.3. The molecule has 0 heterocycles. The van der Waals surface area contributed by atoms with Crippen LogP contribution in [0.25, 0.3) is 0 Å². The number of amides is 1. The van der Waals surface area contributed by atoms with Gasteiger partial charge in [-0.05, 0) is 24.3 Å². The molecule has 1 aliphatic rings. The van der Waals surface area contributed by atoms with Crippen molar-refractivity contribution in [1.29, 1.82) is 0 Å². The van der Waals surface area contributed by atoms with E-state index in [1.807, 2.05) is 0 Å². The minimum Gasteiger partial charge on any atom is -0.399 e. The Balaban J connectivity index is 1.83. The van der Waals surface area contributed by atoms with Crippen molar-refractivity contribution < 1.29 is 14.4 Å². The van der Waals surface area contributed by atoms with Gasteiger partial charge in [-0.2, -0.15) is 0 Å². The third-order valence-corrected chi connectivity index (χ3v) is 4.33. The molecule has 0 radical (unpaired) electrons. The molecule has 0 unspecified atom stereocenters. The van der Waals surface area contributed by atoms with Crippen molar-refractivity contribution >= 4 is 28.8 Å². The van der Waals surface area contributed by atoms with Gasteiger partial charge in [0.1, 0.15) is 0 Å². The molecule has 0 aromatic heterocycles. The van der Waals surface area contributed by atoms with Gasteiger partial charge in [-0.1, -0.05) is 42.5 Å². The molecule has 0 saturated heterocycles. The largest absolute Gasteiger partial charge is 0.399 e. The van der Waals surface area contributed by atoms with Gasteiger partial charge in [0.15, 0.2) is 11.6 Å². The lowest BCUT2D eigenvalue weighted by Gasteiger charge is -2.21. The minimum atomic E-state index is -0.377. The van der Waals surface area contributed by atoms with Crippen molar-refractivity contribution in [1.82, 2.24) is 0 Å². The number of nitrogen functional groups attached to an aromatic ring is 1. The number of carbonyl (C=O) groups excluding carboxylic acids is 3. The van der Waals surface area contributed by atoms with Crippen LogP contribution < -0.4 is 11.1 Å². The fourth-order valence-corrected chi connectivity index (χ4v) is 3.13. The number of hydrogen-bond donors (Lipinski definition) is 2. The molecule has 0 aliphatic heterocycles. The lowest BCUT2D eigenvalue weighted by Crippen LogP contribution is -2.24. The Morgan fingerprint density at radius 2 is 1.38 bits per heavy atom. The first kappa shape index (κ1) is 15.8. The number of fused-ring (bicyclic) bond motifs is 2. The van der Waals surface area contributed by atoms with Crippen molar-refractivity contribution in [2.24, 2.45) is 0 Å². The van der Waals surface area contributed by atoms with E-state index in [0.717, 1.165) is 0 Å². The van der Waals surface area contributed by atoms with Gasteiger partial charge in [0, 0.05) is 27.9 Å². The van der Waals surface area contributed by atoms with Crippen molar-refractivity contribution in [3.63, 3.8) is 0 Å². The maximum absolute atomic E-state index is 13.0. The summed E-state index contributed by atoms with van der Waals surface area (Å²) in [5.41, 5.74) is 7.94. The van der Waals surface area contributed by atoms with Gasteiger partial charge in [-0.15, -0.1) is 0 Å². The molecule has 0 fully saturated rings. The van der Waals surface area contributed by atoms with Gasteiger partial charge in [0.2, 0.25) is 0 Å². The average molecular weight is 342 g/mol. The summed E-state index contributed by atoms with van der Waals surface area (Å²) in [6.07, 6.45) is 0. The molecule has 3 aromatic carbocycles. The Hall–Kier alpha value is -3.73. The van der Waals surface area contributed by atoms with Gasteiger partial charge < -0.3 is 11.1 Å². The van der Waals surface area contributed by atoms with E-state index < -0.39 is 0 Å². The van der Waals surface area contributed by atoms with Crippen LogP contribution in [-0.2, 0) is 0 Å². The van der Waals surface area contributed by atoms with Crippen LogP contribution in [0.3, 0.4) is 0 Å². The van der Waals surface area contributed by atoms with Crippen molar-refractivity contribution in [3.8, 4) is 0 Å². The van der Waals surface area contributed by atoms with E-state index in [1.54, 1.807) is 54.6 Å². The van der Waals surface area contributed by atoms with Crippen molar-refractivity contribution in [2.75, 3.05) is 11.1 Å². The van der Waals surface area contributed by atoms with Crippen LogP contribution in [0.2, 0.25) is 0 Å². The zero-order valence-electron chi connectivity index (χ0n) is 13.7. The van der Waals surface area contributed by atoms with Crippen molar-refractivity contribution in [3.05, 3.63) is 94.5 Å². The highest BCUT2D eigenvalue weighted by molar-refractivity contribution is 6.31. The topological polar surface area (TPSA) is 89.3 Å². The molecule has 5 heteroatoms. The molecule has 0 atom stereocenters. The van der Waals surface area contributed by atoms with E-state index in [1.165, 1.54) is 12.1 Å². The van der Waals surface area contributed by atoms with E-state index in [-0.39, 0.29) is 34.3 Å². The number of nitrogens with two attached hydrogens (primary N) is 1. The quantitative estimate of drug-likeness (QED) is 0.547. The summed E-state index contributed by atoms with van der Waals surface area (Å²) in [4.78, 5) is 38.2. The smallest absolute Gasteiger partial charge is 0.255 e. The summed E-state index contributed by atoms with van der Waals surface area (Å²) < 4.78 is 0. The summed E-state index contributed by atoms with van der Waals surface area (Å²) in [6, 6.07) is 18.2. The molecule has 0 spiro atoms. The molecule has 1 amide bonds. The first-order valence-corrected chi connectivity index (χ1v) is 8.04. The van der Waals surface area contributed by atoms with Gasteiger partial charge in [0.25, 0.3) is 5.91 Å². The van der Waals surface area contributed by atoms with E-state index in [9.17, 15) is 14.4 Å². The fraction of sp³-hybridized carbons (Fsp3) is 0. The highest BCUT2D eigenvalue weighted by Crippen LogP contribution is 2.34. The molecule has 1 aliphatic carbocycles. The Morgan fingerprint density at radius 3 is 2.08 bits per heavy atom. The number of anilines is 2. The third-order valence-electron chi connectivity index (χ3n) is 4.33. The maximum atomic E-state index is 13.0. The van der Waals surface area contributed by atoms with Crippen LogP contribution in [0.1, 0.15) is 42.2 Å². The van der Waals surface area contributed by atoms with Gasteiger partial charge in [-0.3, -0.25) is 14.4 Å². The maximum Gasteiger partial charge on any atom is 0.255 e. The predicted molar refractivity (Wildman–Crippen MR) is 98.6 cm³/mol. The Morgan fingerprint density at radius 1 is 0.769 bits per heavy atom. The lowest BCUT2D eigenvalue weighted by atomic mass is 9.83. The van der Waals surface area contributed by atoms with Gasteiger partial charge in [0.05, 0.1) is 11.3 Å². The summed E-state index contributed by atoms with van der Waals surface area (Å²) in [7, 11) is 0. The highest BCUT2D eigenvalue weighted by Gasteiger charge is 2.32. The first-order chi connectivity index (χ1) is 12.6. The number of hydrogen-bond acceptors (Lipinski definition) is 4. The second-order valence-corrected chi connectivity index (χ2v) is 6.02. The second kappa shape index (κ2) is 5.97. The molecule has 0 bridgehead atoms. The molecule has 126 valence electrons. The van der Waals surface area contributed by atoms with Crippen LogP contribution in [0.15, 0.2) is 66.7 Å². The Labute approximate surface area is 149 Å². The summed E-state index contributed by atoms with van der Waals surface area (Å²) in [5, 5.41) is 2.72. The molecule has 26 heavy (non-hydrogen) atoms. The SMILES string of the molecule is Nc1cc(NC(=O)c2ccccc2)c2c(c1)C(=O)c1ccccc1C2=O. The Bertz CT molecular complexity index is 1070. The fourth-order valence-electron chi connectivity index (χ4n) is 3.13. The number of benzene rings is 3. The highest BCUT2D eigenvalue weighted by atomic mass is 16.2. The number of carbonyl (C=O) groups is 3. The average Bonchev–Trinajstić information content (AvgIpc) is 2.66. The molecular formula is C21H14N2O3. The van der Waals surface area contributed by atoms with Crippen LogP contribution in [0.5, 0.6) is 0 Å². The van der Waals surface area contributed by atoms with E-state index in [0.29, 0.717) is 22.4 Å². The van der Waals surface area contributed by atoms with Crippen LogP contribution in [0, 0.1) is 0 Å². The van der Waals surface area contributed by atoms with Crippen molar-refractivity contribution in [2.45, 2.75) is 0 Å². The molecule has 4 rings (SSSR count). The first-order valence-electron chi connectivity index (χ1n) is 8.04. The number of nitrogens with one attached hydrogen (secondary N) is 1. The summed E-state index contributed by atoms with van der Waals surface area (Å²) in [6.45, 7) is 0. The predicted octanol–water partition coefficient (Wildman–Crippen LogP) is 3.30. The van der Waals surface area contributed by atoms with Crippen LogP contribution in [0.4, 0.5) is 11.4 Å². The van der Waals surface area contributed by atoms with Gasteiger partial charge >= 0.3 is 0 Å². The standard InChI is InChI=1S/C21H14N2O3/c22-13-10-16-18(20(25)15-9-5-4-8-14(15)19(16)24)17(11-13)23-21(26)12-6-2-1-3-7-12/h1-11H,22H2,(H,23,26). The molecule has 3 aromatic rings. The zero-order valence-corrected chi connectivity index (χ0v) is 13.7. The second-order valence-electron chi connectivity index (χ2n) is 6.02. The summed E-state index contributed by atoms with van der Waals surface area (Å²) >= 11 is 0. The van der Waals surface area contributed by atoms with E-state index >= 15 is 0 Å². The van der Waals surface area contributed by atoms with E-state index in [4.69, 9.17) is 5.73 Å². The third kappa shape index (κ3) is 2.46. The Kier molecular flexibility index (Phi) is 3.62.